The third kappa shape index (κ3) is 2.12. The molecule has 0 amide bonds. The summed E-state index contributed by atoms with van der Waals surface area (Å²) in [4.78, 5) is 8.49. The van der Waals surface area contributed by atoms with Crippen LogP contribution in [0.25, 0.3) is 0 Å². The topological polar surface area (TPSA) is 67.4 Å². The SMILES string of the molecule is Cn1ncnc1Sc1nc(Cl)c(C#N)s1. The van der Waals surface area contributed by atoms with Gasteiger partial charge in [0.05, 0.1) is 0 Å². The number of halogens is 1. The molecule has 0 aromatic carbocycles. The molecular formula is C7H4ClN5S2. The maximum absolute atomic E-state index is 8.71. The Morgan fingerprint density at radius 3 is 3.00 bits per heavy atom. The molecule has 0 saturated heterocycles. The Morgan fingerprint density at radius 2 is 2.47 bits per heavy atom. The van der Waals surface area contributed by atoms with Gasteiger partial charge < -0.3 is 0 Å². The molecule has 0 N–H and O–H groups in total. The fourth-order valence-electron chi connectivity index (χ4n) is 0.852. The van der Waals surface area contributed by atoms with Crippen molar-refractivity contribution in [3.8, 4) is 6.07 Å². The lowest BCUT2D eigenvalue weighted by Gasteiger charge is -1.94. The van der Waals surface area contributed by atoms with Crippen LogP contribution >= 0.6 is 34.7 Å². The molecule has 0 bridgehead atoms. The van der Waals surface area contributed by atoms with Crippen LogP contribution in [0.4, 0.5) is 0 Å². The molecule has 0 aliphatic heterocycles. The third-order valence-electron chi connectivity index (χ3n) is 1.52. The predicted octanol–water partition coefficient (Wildman–Crippen LogP) is 1.95. The van der Waals surface area contributed by atoms with Crippen molar-refractivity contribution in [3.63, 3.8) is 0 Å². The van der Waals surface area contributed by atoms with Gasteiger partial charge in [-0.25, -0.2) is 14.6 Å². The Morgan fingerprint density at radius 1 is 1.67 bits per heavy atom. The second-order valence-electron chi connectivity index (χ2n) is 2.48. The van der Waals surface area contributed by atoms with Gasteiger partial charge >= 0.3 is 0 Å². The lowest BCUT2D eigenvalue weighted by Crippen LogP contribution is -1.91. The highest BCUT2D eigenvalue weighted by atomic mass is 35.5. The molecule has 2 rings (SSSR count). The molecule has 2 aromatic heterocycles. The van der Waals surface area contributed by atoms with Gasteiger partial charge in [0.1, 0.15) is 17.3 Å². The van der Waals surface area contributed by atoms with E-state index in [4.69, 9.17) is 16.9 Å². The quantitative estimate of drug-likeness (QED) is 0.823. The molecule has 5 nitrogen and oxygen atoms in total. The molecule has 2 heterocycles. The minimum absolute atomic E-state index is 0.243. The van der Waals surface area contributed by atoms with Gasteiger partial charge in [0.2, 0.25) is 0 Å². The van der Waals surface area contributed by atoms with Gasteiger partial charge in [-0.15, -0.1) is 0 Å². The zero-order chi connectivity index (χ0) is 10.8. The minimum atomic E-state index is 0.243. The maximum atomic E-state index is 8.71. The van der Waals surface area contributed by atoms with E-state index in [1.165, 1.54) is 29.4 Å². The van der Waals surface area contributed by atoms with E-state index in [0.717, 1.165) is 0 Å². The number of hydrogen-bond acceptors (Lipinski definition) is 6. The van der Waals surface area contributed by atoms with Crippen molar-refractivity contribution in [1.29, 1.82) is 5.26 Å². The molecular weight excluding hydrogens is 254 g/mol. The highest BCUT2D eigenvalue weighted by molar-refractivity contribution is 8.00. The summed E-state index contributed by atoms with van der Waals surface area (Å²) in [5.41, 5.74) is 0. The zero-order valence-electron chi connectivity index (χ0n) is 7.51. The average molecular weight is 258 g/mol. The van der Waals surface area contributed by atoms with Gasteiger partial charge in [0.25, 0.3) is 0 Å². The van der Waals surface area contributed by atoms with Crippen LogP contribution in [0.5, 0.6) is 0 Å². The van der Waals surface area contributed by atoms with E-state index in [2.05, 4.69) is 15.1 Å². The Hall–Kier alpha value is -1.10. The van der Waals surface area contributed by atoms with Gasteiger partial charge in [0.15, 0.2) is 14.6 Å². The largest absolute Gasteiger partial charge is 0.244 e. The summed E-state index contributed by atoms with van der Waals surface area (Å²) in [7, 11) is 1.79. The first-order valence-corrected chi connectivity index (χ1v) is 5.80. The van der Waals surface area contributed by atoms with Crippen molar-refractivity contribution >= 4 is 34.7 Å². The van der Waals surface area contributed by atoms with E-state index in [-0.39, 0.29) is 5.15 Å². The maximum Gasteiger partial charge on any atom is 0.192 e. The van der Waals surface area contributed by atoms with Crippen molar-refractivity contribution < 1.29 is 0 Å². The van der Waals surface area contributed by atoms with Crippen LogP contribution in [0.15, 0.2) is 15.8 Å². The summed E-state index contributed by atoms with van der Waals surface area (Å²) in [6.07, 6.45) is 1.46. The number of nitriles is 1. The Balaban J connectivity index is 2.26. The predicted molar refractivity (Wildman–Crippen MR) is 57.0 cm³/mol. The molecule has 2 aromatic rings. The number of nitrogens with zero attached hydrogens (tertiary/aromatic N) is 5. The van der Waals surface area contributed by atoms with Gasteiger partial charge in [-0.1, -0.05) is 22.9 Å². The summed E-state index contributed by atoms with van der Waals surface area (Å²) < 4.78 is 2.32. The molecule has 76 valence electrons. The first-order chi connectivity index (χ1) is 7.20. The van der Waals surface area contributed by atoms with Crippen LogP contribution in [-0.2, 0) is 7.05 Å². The highest BCUT2D eigenvalue weighted by Gasteiger charge is 2.12. The van der Waals surface area contributed by atoms with Crippen LogP contribution < -0.4 is 0 Å². The van der Waals surface area contributed by atoms with Gasteiger partial charge in [-0.2, -0.15) is 10.4 Å². The van der Waals surface area contributed by atoms with Crippen molar-refractivity contribution in [2.24, 2.45) is 7.05 Å². The number of rotatable bonds is 2. The number of thiazole rings is 1. The average Bonchev–Trinajstić information content (AvgIpc) is 2.75. The van der Waals surface area contributed by atoms with Crippen molar-refractivity contribution in [3.05, 3.63) is 16.4 Å². The Labute approximate surface area is 98.7 Å². The van der Waals surface area contributed by atoms with Crippen molar-refractivity contribution in [2.45, 2.75) is 9.50 Å². The third-order valence-corrected chi connectivity index (χ3v) is 3.97. The first-order valence-electron chi connectivity index (χ1n) is 3.79. The standard InChI is InChI=1S/C7H4ClN5S2/c1-13-6(10-3-11-13)15-7-12-5(8)4(2-9)14-7/h3H,1H3. The second kappa shape index (κ2) is 4.18. The Kier molecular flexibility index (Phi) is 2.90. The van der Waals surface area contributed by atoms with Crippen LogP contribution in [0.3, 0.4) is 0 Å². The molecule has 0 unspecified atom stereocenters. The number of hydrogen-bond donors (Lipinski definition) is 0. The van der Waals surface area contributed by atoms with Crippen molar-refractivity contribution in [1.82, 2.24) is 19.7 Å². The monoisotopic (exact) mass is 257 g/mol. The molecule has 0 aliphatic carbocycles. The molecule has 8 heteroatoms. The van der Waals surface area contributed by atoms with Gasteiger partial charge in [0, 0.05) is 7.05 Å². The summed E-state index contributed by atoms with van der Waals surface area (Å²) in [5, 5.41) is 13.6. The van der Waals surface area contributed by atoms with E-state index in [1.54, 1.807) is 11.7 Å². The zero-order valence-corrected chi connectivity index (χ0v) is 9.90. The van der Waals surface area contributed by atoms with E-state index < -0.39 is 0 Å². The highest BCUT2D eigenvalue weighted by Crippen LogP contribution is 2.32. The summed E-state index contributed by atoms with van der Waals surface area (Å²) in [5.74, 6) is 0. The Bertz CT molecular complexity index is 526. The van der Waals surface area contributed by atoms with Crippen LogP contribution in [-0.4, -0.2) is 19.7 Å². The number of aryl methyl sites for hydroxylation is 1. The van der Waals surface area contributed by atoms with Crippen molar-refractivity contribution in [2.75, 3.05) is 0 Å². The fraction of sp³-hybridized carbons (Fsp3) is 0.143. The lowest BCUT2D eigenvalue weighted by atomic mass is 10.6. The van der Waals surface area contributed by atoms with E-state index in [1.807, 2.05) is 6.07 Å². The number of aromatic nitrogens is 4. The molecule has 0 atom stereocenters. The molecule has 0 fully saturated rings. The van der Waals surface area contributed by atoms with Crippen LogP contribution in [0.2, 0.25) is 5.15 Å². The van der Waals surface area contributed by atoms with Crippen LogP contribution in [0.1, 0.15) is 4.88 Å². The van der Waals surface area contributed by atoms with E-state index in [0.29, 0.717) is 14.4 Å². The molecule has 0 spiro atoms. The van der Waals surface area contributed by atoms with Gasteiger partial charge in [-0.05, 0) is 11.8 Å². The smallest absolute Gasteiger partial charge is 0.192 e. The van der Waals surface area contributed by atoms with E-state index >= 15 is 0 Å². The molecule has 15 heavy (non-hydrogen) atoms. The van der Waals surface area contributed by atoms with E-state index in [9.17, 15) is 0 Å². The second-order valence-corrected chi connectivity index (χ2v) is 5.05. The first kappa shape index (κ1) is 10.4. The molecule has 0 saturated carbocycles. The van der Waals surface area contributed by atoms with Crippen LogP contribution in [0, 0.1) is 11.3 Å². The lowest BCUT2D eigenvalue weighted by molar-refractivity contribution is 0.685. The van der Waals surface area contributed by atoms with Gasteiger partial charge in [-0.3, -0.25) is 0 Å². The molecule has 0 radical (unpaired) electrons. The summed E-state index contributed by atoms with van der Waals surface area (Å²) >= 11 is 8.32. The normalized spacial score (nSPS) is 10.2. The summed E-state index contributed by atoms with van der Waals surface area (Å²) in [6.45, 7) is 0. The molecule has 0 aliphatic rings. The summed E-state index contributed by atoms with van der Waals surface area (Å²) in [6, 6.07) is 1.98. The fourth-order valence-corrected chi connectivity index (χ4v) is 2.89. The minimum Gasteiger partial charge on any atom is -0.244 e.